The van der Waals surface area contributed by atoms with Crippen LogP contribution in [0.15, 0.2) is 46.9 Å². The van der Waals surface area contributed by atoms with Gasteiger partial charge in [0.05, 0.1) is 11.0 Å². The third kappa shape index (κ3) is 4.51. The van der Waals surface area contributed by atoms with Crippen molar-refractivity contribution in [1.29, 1.82) is 0 Å². The van der Waals surface area contributed by atoms with Crippen LogP contribution >= 0.6 is 15.9 Å². The first-order chi connectivity index (χ1) is 13.4. The number of amides is 1. The number of anilines is 1. The highest BCUT2D eigenvalue weighted by Crippen LogP contribution is 2.30. The summed E-state index contributed by atoms with van der Waals surface area (Å²) in [5, 5.41) is 14.5. The van der Waals surface area contributed by atoms with Crippen LogP contribution in [0.5, 0.6) is 0 Å². The molecule has 0 spiro atoms. The predicted molar refractivity (Wildman–Crippen MR) is 113 cm³/mol. The lowest BCUT2D eigenvalue weighted by Gasteiger charge is -2.33. The first-order valence-corrected chi connectivity index (χ1v) is 9.93. The first-order valence-electron chi connectivity index (χ1n) is 9.14. The van der Waals surface area contributed by atoms with Crippen molar-refractivity contribution in [2.24, 2.45) is 0 Å². The van der Waals surface area contributed by atoms with Crippen LogP contribution < -0.4 is 10.2 Å². The van der Waals surface area contributed by atoms with Gasteiger partial charge in [0.15, 0.2) is 0 Å². The Balaban J connectivity index is 1.80. The molecule has 1 unspecified atom stereocenters. The Morgan fingerprint density at radius 1 is 1.18 bits per heavy atom. The molecule has 0 saturated carbocycles. The molecule has 28 heavy (non-hydrogen) atoms. The van der Waals surface area contributed by atoms with Gasteiger partial charge < -0.3 is 15.1 Å². The maximum absolute atomic E-state index is 12.7. The topological polar surface area (TPSA) is 78.7 Å². The minimum atomic E-state index is -0.415. The molecule has 0 radical (unpaired) electrons. The minimum absolute atomic E-state index is 0.0363. The zero-order chi connectivity index (χ0) is 20.3. The Kier molecular flexibility index (Phi) is 6.31. The number of carbonyl (C=O) groups excluding carboxylic acids is 1. The van der Waals surface area contributed by atoms with E-state index in [0.717, 1.165) is 36.2 Å². The largest absolute Gasteiger partial charge is 0.363 e. The van der Waals surface area contributed by atoms with E-state index in [1.54, 1.807) is 12.1 Å². The van der Waals surface area contributed by atoms with Crippen LogP contribution in [-0.4, -0.2) is 49.0 Å². The maximum atomic E-state index is 12.7. The quantitative estimate of drug-likeness (QED) is 0.560. The normalized spacial score (nSPS) is 15.9. The van der Waals surface area contributed by atoms with E-state index in [4.69, 9.17) is 0 Å². The van der Waals surface area contributed by atoms with E-state index < -0.39 is 4.92 Å². The number of nitrogens with zero attached hydrogens (tertiary/aromatic N) is 3. The van der Waals surface area contributed by atoms with Gasteiger partial charge in [-0.15, -0.1) is 0 Å². The number of carbonyl (C=O) groups is 1. The van der Waals surface area contributed by atoms with Crippen LogP contribution in [-0.2, 0) is 0 Å². The second-order valence-corrected chi connectivity index (χ2v) is 7.82. The SMILES string of the molecule is CC(NC(=O)c1ccc(N2CCN(C)CC2)c([N+](=O)[O-])c1)c1ccccc1Br. The molecular formula is C20H23BrN4O3. The van der Waals surface area contributed by atoms with Crippen LogP contribution in [0.3, 0.4) is 0 Å². The van der Waals surface area contributed by atoms with Crippen LogP contribution in [0.1, 0.15) is 28.9 Å². The number of hydrogen-bond donors (Lipinski definition) is 1. The molecule has 1 fully saturated rings. The highest BCUT2D eigenvalue weighted by Gasteiger charge is 2.24. The van der Waals surface area contributed by atoms with Crippen molar-refractivity contribution in [2.75, 3.05) is 38.1 Å². The van der Waals surface area contributed by atoms with Gasteiger partial charge in [0.25, 0.3) is 11.6 Å². The number of piperazine rings is 1. The van der Waals surface area contributed by atoms with E-state index in [1.165, 1.54) is 6.07 Å². The summed E-state index contributed by atoms with van der Waals surface area (Å²) in [7, 11) is 2.03. The number of likely N-dealkylation sites (N-methyl/N-ethyl adjacent to an activating group) is 1. The summed E-state index contributed by atoms with van der Waals surface area (Å²) in [6.45, 7) is 5.03. The molecule has 1 N–H and O–H groups in total. The fourth-order valence-corrected chi connectivity index (χ4v) is 3.94. The van der Waals surface area contributed by atoms with Crippen molar-refractivity contribution in [3.05, 3.63) is 68.2 Å². The van der Waals surface area contributed by atoms with Crippen molar-refractivity contribution < 1.29 is 9.72 Å². The lowest BCUT2D eigenvalue weighted by Crippen LogP contribution is -2.44. The molecule has 1 aliphatic heterocycles. The third-order valence-electron chi connectivity index (χ3n) is 5.00. The summed E-state index contributed by atoms with van der Waals surface area (Å²) < 4.78 is 0.902. The maximum Gasteiger partial charge on any atom is 0.293 e. The molecular weight excluding hydrogens is 424 g/mol. The fraction of sp³-hybridized carbons (Fsp3) is 0.350. The lowest BCUT2D eigenvalue weighted by atomic mass is 10.1. The molecule has 2 aromatic rings. The molecule has 2 aromatic carbocycles. The van der Waals surface area contributed by atoms with E-state index in [1.807, 2.05) is 43.1 Å². The Bertz CT molecular complexity index is 882. The highest BCUT2D eigenvalue weighted by atomic mass is 79.9. The highest BCUT2D eigenvalue weighted by molar-refractivity contribution is 9.10. The van der Waals surface area contributed by atoms with E-state index in [2.05, 4.69) is 26.1 Å². The van der Waals surface area contributed by atoms with Crippen LogP contribution in [0, 0.1) is 10.1 Å². The standard InChI is InChI=1S/C20H23BrN4O3/c1-14(16-5-3-4-6-17(16)21)22-20(26)15-7-8-18(19(13-15)25(27)28)24-11-9-23(2)10-12-24/h3-8,13-14H,9-12H2,1-2H3,(H,22,26). The zero-order valence-electron chi connectivity index (χ0n) is 15.9. The number of halogens is 1. The summed E-state index contributed by atoms with van der Waals surface area (Å²) in [5.74, 6) is -0.337. The minimum Gasteiger partial charge on any atom is -0.363 e. The van der Waals surface area contributed by atoms with Crippen LogP contribution in [0.2, 0.25) is 0 Å². The van der Waals surface area contributed by atoms with Crippen molar-refractivity contribution in [1.82, 2.24) is 10.2 Å². The number of nitrogens with one attached hydrogen (secondary N) is 1. The third-order valence-corrected chi connectivity index (χ3v) is 5.72. The molecule has 3 rings (SSSR count). The van der Waals surface area contributed by atoms with Gasteiger partial charge in [-0.2, -0.15) is 0 Å². The molecule has 1 aliphatic rings. The average molecular weight is 447 g/mol. The number of rotatable bonds is 5. The molecule has 1 heterocycles. The van der Waals surface area contributed by atoms with E-state index >= 15 is 0 Å². The molecule has 0 aromatic heterocycles. The molecule has 7 nitrogen and oxygen atoms in total. The van der Waals surface area contributed by atoms with Crippen molar-refractivity contribution in [3.8, 4) is 0 Å². The van der Waals surface area contributed by atoms with Gasteiger partial charge in [-0.25, -0.2) is 0 Å². The number of benzene rings is 2. The van der Waals surface area contributed by atoms with Crippen molar-refractivity contribution in [3.63, 3.8) is 0 Å². The van der Waals surface area contributed by atoms with Gasteiger partial charge >= 0.3 is 0 Å². The number of nitro benzene ring substituents is 1. The van der Waals surface area contributed by atoms with Gasteiger partial charge in [-0.05, 0) is 37.7 Å². The molecule has 1 atom stereocenters. The van der Waals surface area contributed by atoms with E-state index in [-0.39, 0.29) is 23.2 Å². The van der Waals surface area contributed by atoms with Crippen molar-refractivity contribution >= 4 is 33.2 Å². The molecule has 1 amide bonds. The summed E-state index contributed by atoms with van der Waals surface area (Å²) in [5.41, 5.74) is 1.75. The van der Waals surface area contributed by atoms with Gasteiger partial charge in [-0.1, -0.05) is 34.1 Å². The zero-order valence-corrected chi connectivity index (χ0v) is 17.5. The lowest BCUT2D eigenvalue weighted by molar-refractivity contribution is -0.384. The predicted octanol–water partition coefficient (Wildman–Crippen LogP) is 3.60. The molecule has 0 aliphatic carbocycles. The average Bonchev–Trinajstić information content (AvgIpc) is 2.68. The van der Waals surface area contributed by atoms with Crippen LogP contribution in [0.25, 0.3) is 0 Å². The second-order valence-electron chi connectivity index (χ2n) is 6.97. The summed E-state index contributed by atoms with van der Waals surface area (Å²) in [4.78, 5) is 28.1. The molecule has 148 valence electrons. The van der Waals surface area contributed by atoms with Crippen LogP contribution in [0.4, 0.5) is 11.4 Å². The first kappa shape index (κ1) is 20.3. The Labute approximate surface area is 172 Å². The van der Waals surface area contributed by atoms with Crippen molar-refractivity contribution in [2.45, 2.75) is 13.0 Å². The van der Waals surface area contributed by atoms with Gasteiger partial charge in [0, 0.05) is 42.3 Å². The molecule has 1 saturated heterocycles. The smallest absolute Gasteiger partial charge is 0.293 e. The summed E-state index contributed by atoms with van der Waals surface area (Å²) >= 11 is 3.48. The Hall–Kier alpha value is -2.45. The number of hydrogen-bond acceptors (Lipinski definition) is 5. The summed E-state index contributed by atoms with van der Waals surface area (Å²) in [6.07, 6.45) is 0. The van der Waals surface area contributed by atoms with Gasteiger partial charge in [0.1, 0.15) is 5.69 Å². The van der Waals surface area contributed by atoms with Gasteiger partial charge in [-0.3, -0.25) is 14.9 Å². The summed E-state index contributed by atoms with van der Waals surface area (Å²) in [6, 6.07) is 12.1. The van der Waals surface area contributed by atoms with E-state index in [9.17, 15) is 14.9 Å². The monoisotopic (exact) mass is 446 g/mol. The van der Waals surface area contributed by atoms with E-state index in [0.29, 0.717) is 5.69 Å². The Morgan fingerprint density at radius 2 is 1.86 bits per heavy atom. The second kappa shape index (κ2) is 8.70. The fourth-order valence-electron chi connectivity index (χ4n) is 3.31. The molecule has 8 heteroatoms. The Morgan fingerprint density at radius 3 is 2.50 bits per heavy atom. The number of nitro groups is 1. The molecule has 0 bridgehead atoms. The van der Waals surface area contributed by atoms with Gasteiger partial charge in [0.2, 0.25) is 0 Å².